The van der Waals surface area contributed by atoms with Crippen molar-refractivity contribution in [1.82, 2.24) is 19.9 Å². The van der Waals surface area contributed by atoms with Gasteiger partial charge in [0.05, 0.1) is 22.0 Å². The lowest BCUT2D eigenvalue weighted by molar-refractivity contribution is -0.384. The number of nitro groups is 1. The minimum Gasteiger partial charge on any atom is -0.336 e. The van der Waals surface area contributed by atoms with Gasteiger partial charge in [-0.1, -0.05) is 24.3 Å². The first-order valence-corrected chi connectivity index (χ1v) is 7.90. The summed E-state index contributed by atoms with van der Waals surface area (Å²) in [6.45, 7) is 0. The van der Waals surface area contributed by atoms with E-state index in [0.29, 0.717) is 28.5 Å². The predicted molar refractivity (Wildman–Crippen MR) is 97.1 cm³/mol. The number of benzene rings is 1. The topological polar surface area (TPSA) is 97.6 Å². The molecule has 3 aromatic heterocycles. The summed E-state index contributed by atoms with van der Waals surface area (Å²) in [5.74, 6) is 0.523. The molecule has 0 saturated carbocycles. The maximum Gasteiger partial charge on any atom is 0.270 e. The largest absolute Gasteiger partial charge is 0.336 e. The van der Waals surface area contributed by atoms with E-state index in [9.17, 15) is 10.1 Å². The molecule has 3 heterocycles. The number of aromatic nitrogens is 4. The van der Waals surface area contributed by atoms with Crippen LogP contribution in [0.25, 0.3) is 34.2 Å². The van der Waals surface area contributed by atoms with Crippen LogP contribution in [0.4, 0.5) is 5.69 Å². The van der Waals surface area contributed by atoms with Gasteiger partial charge in [0.15, 0.2) is 0 Å². The Kier molecular flexibility index (Phi) is 3.95. The number of imidazole rings is 1. The molecule has 0 saturated heterocycles. The number of nitrogens with zero attached hydrogens (tertiary/aromatic N) is 4. The summed E-state index contributed by atoms with van der Waals surface area (Å²) >= 11 is 0. The zero-order chi connectivity index (χ0) is 17.9. The molecule has 0 spiro atoms. The van der Waals surface area contributed by atoms with Crippen LogP contribution in [0.3, 0.4) is 0 Å². The maximum absolute atomic E-state index is 11.1. The first-order chi connectivity index (χ1) is 12.7. The monoisotopic (exact) mass is 343 g/mol. The average Bonchev–Trinajstić information content (AvgIpc) is 3.15. The van der Waals surface area contributed by atoms with Crippen molar-refractivity contribution in [2.45, 2.75) is 0 Å². The molecule has 26 heavy (non-hydrogen) atoms. The van der Waals surface area contributed by atoms with E-state index in [1.54, 1.807) is 24.5 Å². The van der Waals surface area contributed by atoms with Gasteiger partial charge in [-0.05, 0) is 24.3 Å². The van der Waals surface area contributed by atoms with Gasteiger partial charge in [0.25, 0.3) is 5.69 Å². The van der Waals surface area contributed by atoms with Crippen LogP contribution in [0.15, 0.2) is 73.1 Å². The molecule has 0 aliphatic carbocycles. The van der Waals surface area contributed by atoms with Crippen LogP contribution in [0, 0.1) is 10.1 Å². The van der Waals surface area contributed by atoms with Crippen molar-refractivity contribution >= 4 is 5.69 Å². The fourth-order valence-corrected chi connectivity index (χ4v) is 2.66. The van der Waals surface area contributed by atoms with Crippen LogP contribution in [-0.4, -0.2) is 24.9 Å². The Morgan fingerprint density at radius 3 is 2.27 bits per heavy atom. The highest BCUT2D eigenvalue weighted by atomic mass is 16.6. The Labute approximate surface area is 148 Å². The van der Waals surface area contributed by atoms with Crippen molar-refractivity contribution in [3.05, 3.63) is 83.2 Å². The molecule has 7 heteroatoms. The third-order valence-corrected chi connectivity index (χ3v) is 3.86. The standard InChI is InChI=1S/C19H13N5O2/c25-24(26)14-7-5-6-13(12-14)19-22-17(15-8-1-3-10-20-15)18(23-19)16-9-2-4-11-21-16/h1-12H,(H,22,23). The molecule has 0 atom stereocenters. The molecule has 7 nitrogen and oxygen atoms in total. The molecule has 4 rings (SSSR count). The second kappa shape index (κ2) is 6.56. The molecule has 1 aromatic carbocycles. The molecule has 1 N–H and O–H groups in total. The lowest BCUT2D eigenvalue weighted by Gasteiger charge is -2.00. The van der Waals surface area contributed by atoms with Crippen molar-refractivity contribution in [3.63, 3.8) is 0 Å². The molecular formula is C19H13N5O2. The summed E-state index contributed by atoms with van der Waals surface area (Å²) in [6, 6.07) is 17.5. The Hall–Kier alpha value is -3.87. The van der Waals surface area contributed by atoms with E-state index in [4.69, 9.17) is 0 Å². The van der Waals surface area contributed by atoms with Gasteiger partial charge >= 0.3 is 0 Å². The molecule has 4 aromatic rings. The Balaban J connectivity index is 1.89. The number of pyridine rings is 2. The summed E-state index contributed by atoms with van der Waals surface area (Å²) in [6.07, 6.45) is 3.39. The fourth-order valence-electron chi connectivity index (χ4n) is 2.66. The second-order valence-corrected chi connectivity index (χ2v) is 5.55. The Morgan fingerprint density at radius 1 is 0.885 bits per heavy atom. The Morgan fingerprint density at radius 2 is 1.62 bits per heavy atom. The fraction of sp³-hybridized carbons (Fsp3) is 0. The minimum atomic E-state index is -0.425. The number of aromatic amines is 1. The van der Waals surface area contributed by atoms with Gasteiger partial charge in [-0.15, -0.1) is 0 Å². The summed E-state index contributed by atoms with van der Waals surface area (Å²) in [5.41, 5.74) is 3.41. The number of non-ortho nitro benzene ring substituents is 1. The third kappa shape index (κ3) is 2.93. The SMILES string of the molecule is O=[N+]([O-])c1cccc(-c2nc(-c3ccccn3)c(-c3ccccn3)[nH]2)c1. The average molecular weight is 343 g/mol. The van der Waals surface area contributed by atoms with Crippen LogP contribution < -0.4 is 0 Å². The van der Waals surface area contributed by atoms with Crippen molar-refractivity contribution in [3.8, 4) is 34.2 Å². The van der Waals surface area contributed by atoms with Crippen LogP contribution in [0.5, 0.6) is 0 Å². The van der Waals surface area contributed by atoms with E-state index >= 15 is 0 Å². The zero-order valence-electron chi connectivity index (χ0n) is 13.5. The van der Waals surface area contributed by atoms with E-state index in [-0.39, 0.29) is 5.69 Å². The van der Waals surface area contributed by atoms with Crippen LogP contribution in [0.2, 0.25) is 0 Å². The minimum absolute atomic E-state index is 0.0117. The zero-order valence-corrected chi connectivity index (χ0v) is 13.5. The molecule has 0 amide bonds. The van der Waals surface area contributed by atoms with Crippen LogP contribution in [0.1, 0.15) is 0 Å². The summed E-state index contributed by atoms with van der Waals surface area (Å²) < 4.78 is 0. The first-order valence-electron chi connectivity index (χ1n) is 7.90. The third-order valence-electron chi connectivity index (χ3n) is 3.86. The summed E-state index contributed by atoms with van der Waals surface area (Å²) in [7, 11) is 0. The van der Waals surface area contributed by atoms with Crippen LogP contribution in [-0.2, 0) is 0 Å². The van der Waals surface area contributed by atoms with E-state index < -0.39 is 4.92 Å². The predicted octanol–water partition coefficient (Wildman–Crippen LogP) is 4.11. The van der Waals surface area contributed by atoms with E-state index in [0.717, 1.165) is 5.69 Å². The highest BCUT2D eigenvalue weighted by Gasteiger charge is 2.18. The number of rotatable bonds is 4. The van der Waals surface area contributed by atoms with Gasteiger partial charge in [0.2, 0.25) is 0 Å². The molecule has 0 aliphatic rings. The van der Waals surface area contributed by atoms with Crippen molar-refractivity contribution in [2.24, 2.45) is 0 Å². The molecule has 126 valence electrons. The highest BCUT2D eigenvalue weighted by molar-refractivity contribution is 5.78. The smallest absolute Gasteiger partial charge is 0.270 e. The number of hydrogen-bond acceptors (Lipinski definition) is 5. The second-order valence-electron chi connectivity index (χ2n) is 5.55. The van der Waals surface area contributed by atoms with Crippen molar-refractivity contribution in [2.75, 3.05) is 0 Å². The quantitative estimate of drug-likeness (QED) is 0.444. The number of hydrogen-bond donors (Lipinski definition) is 1. The molecule has 0 unspecified atom stereocenters. The number of H-pyrrole nitrogens is 1. The van der Waals surface area contributed by atoms with E-state index in [1.807, 2.05) is 36.4 Å². The number of nitro benzene ring substituents is 1. The maximum atomic E-state index is 11.1. The van der Waals surface area contributed by atoms with Crippen LogP contribution >= 0.6 is 0 Å². The highest BCUT2D eigenvalue weighted by Crippen LogP contribution is 2.31. The van der Waals surface area contributed by atoms with E-state index in [2.05, 4.69) is 19.9 Å². The van der Waals surface area contributed by atoms with Crippen molar-refractivity contribution < 1.29 is 4.92 Å². The van der Waals surface area contributed by atoms with Gasteiger partial charge in [0, 0.05) is 30.1 Å². The van der Waals surface area contributed by atoms with E-state index in [1.165, 1.54) is 12.1 Å². The van der Waals surface area contributed by atoms with Gasteiger partial charge in [-0.2, -0.15) is 0 Å². The lowest BCUT2D eigenvalue weighted by Crippen LogP contribution is -1.89. The van der Waals surface area contributed by atoms with Gasteiger partial charge in [-0.3, -0.25) is 20.1 Å². The lowest BCUT2D eigenvalue weighted by atomic mass is 10.2. The molecule has 0 bridgehead atoms. The summed E-state index contributed by atoms with van der Waals surface area (Å²) in [5, 5.41) is 11.1. The molecule has 0 radical (unpaired) electrons. The van der Waals surface area contributed by atoms with Gasteiger partial charge < -0.3 is 4.98 Å². The molecule has 0 fully saturated rings. The van der Waals surface area contributed by atoms with Crippen molar-refractivity contribution in [1.29, 1.82) is 0 Å². The van der Waals surface area contributed by atoms with Gasteiger partial charge in [0.1, 0.15) is 11.5 Å². The summed E-state index contributed by atoms with van der Waals surface area (Å²) in [4.78, 5) is 27.3. The number of nitrogens with one attached hydrogen (secondary N) is 1. The normalized spacial score (nSPS) is 10.6. The van der Waals surface area contributed by atoms with Gasteiger partial charge in [-0.25, -0.2) is 4.98 Å². The molecule has 0 aliphatic heterocycles. The first kappa shape index (κ1) is 15.6. The Bertz CT molecular complexity index is 1000. The molecular weight excluding hydrogens is 330 g/mol.